The molecular formula is C17H17NO5. The molecule has 0 bridgehead atoms. The van der Waals surface area contributed by atoms with Gasteiger partial charge in [-0.3, -0.25) is 4.79 Å². The second-order valence-corrected chi connectivity index (χ2v) is 4.71. The largest absolute Gasteiger partial charge is 0.463 e. The lowest BCUT2D eigenvalue weighted by Crippen LogP contribution is -2.36. The van der Waals surface area contributed by atoms with Gasteiger partial charge in [0.25, 0.3) is 5.91 Å². The van der Waals surface area contributed by atoms with Gasteiger partial charge in [-0.15, -0.1) is 0 Å². The zero-order valence-corrected chi connectivity index (χ0v) is 12.7. The molecule has 1 heterocycles. The Bertz CT molecular complexity index is 636. The molecule has 1 atom stereocenters. The van der Waals surface area contributed by atoms with Crippen molar-refractivity contribution in [3.05, 3.63) is 54.1 Å². The highest BCUT2D eigenvalue weighted by atomic mass is 16.6. The van der Waals surface area contributed by atoms with E-state index in [1.54, 1.807) is 13.0 Å². The number of hydrogen-bond donors (Lipinski definition) is 0. The average Bonchev–Trinajstić information content (AvgIpc) is 2.93. The van der Waals surface area contributed by atoms with E-state index in [0.29, 0.717) is 0 Å². The first kappa shape index (κ1) is 16.5. The smallest absolute Gasteiger partial charge is 0.417 e. The summed E-state index contributed by atoms with van der Waals surface area (Å²) in [6.07, 6.45) is 4.80. The van der Waals surface area contributed by atoms with Crippen molar-refractivity contribution >= 4 is 24.0 Å². The minimum absolute atomic E-state index is 0.0845. The molecule has 0 aliphatic carbocycles. The Balaban J connectivity index is 2.06. The SMILES string of the molecule is CCOC(=O)/C=C/C(=O)N1C(=O)OC[C@@H]1C=Cc1ccccc1. The van der Waals surface area contributed by atoms with Gasteiger partial charge in [0.05, 0.1) is 12.6 Å². The highest BCUT2D eigenvalue weighted by molar-refractivity contribution is 6.02. The maximum atomic E-state index is 12.1. The Kier molecular flexibility index (Phi) is 5.68. The number of hydrogen-bond acceptors (Lipinski definition) is 5. The summed E-state index contributed by atoms with van der Waals surface area (Å²) in [5.41, 5.74) is 0.946. The number of ether oxygens (including phenoxy) is 2. The topological polar surface area (TPSA) is 72.9 Å². The van der Waals surface area contributed by atoms with Crippen LogP contribution in [0.25, 0.3) is 6.08 Å². The minimum atomic E-state index is -0.730. The van der Waals surface area contributed by atoms with Gasteiger partial charge in [0.2, 0.25) is 0 Å². The number of nitrogens with zero attached hydrogens (tertiary/aromatic N) is 1. The van der Waals surface area contributed by atoms with Crippen molar-refractivity contribution in [1.29, 1.82) is 0 Å². The van der Waals surface area contributed by atoms with Gasteiger partial charge in [0.15, 0.2) is 0 Å². The first-order valence-corrected chi connectivity index (χ1v) is 7.20. The van der Waals surface area contributed by atoms with Crippen molar-refractivity contribution < 1.29 is 23.9 Å². The molecule has 0 spiro atoms. The fraction of sp³-hybridized carbons (Fsp3) is 0.235. The molecule has 1 aliphatic heterocycles. The molecule has 0 unspecified atom stereocenters. The summed E-state index contributed by atoms with van der Waals surface area (Å²) in [5, 5.41) is 0. The van der Waals surface area contributed by atoms with E-state index < -0.39 is 24.0 Å². The van der Waals surface area contributed by atoms with Crippen LogP contribution in [0.4, 0.5) is 4.79 Å². The van der Waals surface area contributed by atoms with Crippen LogP contribution in [0.15, 0.2) is 48.6 Å². The molecule has 120 valence electrons. The number of esters is 1. The molecule has 1 aromatic carbocycles. The quantitative estimate of drug-likeness (QED) is 0.615. The summed E-state index contributed by atoms with van der Waals surface area (Å²) in [5.74, 6) is -1.26. The summed E-state index contributed by atoms with van der Waals surface area (Å²) in [4.78, 5) is 36.0. The summed E-state index contributed by atoms with van der Waals surface area (Å²) in [6.45, 7) is 1.96. The molecule has 1 fully saturated rings. The predicted octanol–water partition coefficient (Wildman–Crippen LogP) is 2.17. The summed E-state index contributed by atoms with van der Waals surface area (Å²) >= 11 is 0. The van der Waals surface area contributed by atoms with Crippen LogP contribution in [0.2, 0.25) is 0 Å². The van der Waals surface area contributed by atoms with Gasteiger partial charge in [-0.05, 0) is 12.5 Å². The Morgan fingerprint density at radius 3 is 2.74 bits per heavy atom. The lowest BCUT2D eigenvalue weighted by atomic mass is 10.1. The Morgan fingerprint density at radius 2 is 2.04 bits per heavy atom. The molecule has 2 rings (SSSR count). The van der Waals surface area contributed by atoms with Gasteiger partial charge in [0.1, 0.15) is 6.61 Å². The fourth-order valence-corrected chi connectivity index (χ4v) is 2.03. The van der Waals surface area contributed by atoms with E-state index in [0.717, 1.165) is 22.6 Å². The van der Waals surface area contributed by atoms with E-state index in [1.165, 1.54) is 0 Å². The van der Waals surface area contributed by atoms with Gasteiger partial charge in [0, 0.05) is 12.2 Å². The zero-order chi connectivity index (χ0) is 16.7. The van der Waals surface area contributed by atoms with Gasteiger partial charge in [-0.25, -0.2) is 14.5 Å². The maximum absolute atomic E-state index is 12.1. The number of carbonyl (C=O) groups excluding carboxylic acids is 3. The lowest BCUT2D eigenvalue weighted by molar-refractivity contribution is -0.137. The third-order valence-electron chi connectivity index (χ3n) is 3.10. The number of cyclic esters (lactones) is 1. The van der Waals surface area contributed by atoms with Gasteiger partial charge in [-0.2, -0.15) is 0 Å². The van der Waals surface area contributed by atoms with E-state index in [-0.39, 0.29) is 13.2 Å². The van der Waals surface area contributed by atoms with Gasteiger partial charge >= 0.3 is 12.1 Å². The maximum Gasteiger partial charge on any atom is 0.417 e. The molecule has 1 saturated heterocycles. The van der Waals surface area contributed by atoms with Crippen LogP contribution in [0.5, 0.6) is 0 Å². The number of rotatable bonds is 5. The molecule has 1 aromatic rings. The third kappa shape index (κ3) is 4.54. The second kappa shape index (κ2) is 7.93. The number of imide groups is 1. The molecule has 23 heavy (non-hydrogen) atoms. The molecule has 0 N–H and O–H groups in total. The van der Waals surface area contributed by atoms with Crippen LogP contribution in [-0.4, -0.2) is 42.1 Å². The van der Waals surface area contributed by atoms with E-state index in [9.17, 15) is 14.4 Å². The molecule has 2 amide bonds. The van der Waals surface area contributed by atoms with Crippen LogP contribution >= 0.6 is 0 Å². The number of amides is 2. The number of benzene rings is 1. The summed E-state index contributed by atoms with van der Waals surface area (Å²) < 4.78 is 9.59. The zero-order valence-electron chi connectivity index (χ0n) is 12.7. The Labute approximate surface area is 134 Å². The lowest BCUT2D eigenvalue weighted by Gasteiger charge is -2.14. The monoisotopic (exact) mass is 315 g/mol. The first-order chi connectivity index (χ1) is 11.1. The van der Waals surface area contributed by atoms with Crippen molar-refractivity contribution in [2.75, 3.05) is 13.2 Å². The second-order valence-electron chi connectivity index (χ2n) is 4.71. The first-order valence-electron chi connectivity index (χ1n) is 7.20. The van der Waals surface area contributed by atoms with E-state index in [1.807, 2.05) is 36.4 Å². The molecule has 0 saturated carbocycles. The molecule has 6 nitrogen and oxygen atoms in total. The molecule has 1 aliphatic rings. The van der Waals surface area contributed by atoms with Crippen molar-refractivity contribution in [2.45, 2.75) is 13.0 Å². The minimum Gasteiger partial charge on any atom is -0.463 e. The molecule has 6 heteroatoms. The molecular weight excluding hydrogens is 298 g/mol. The van der Waals surface area contributed by atoms with Crippen molar-refractivity contribution in [3.8, 4) is 0 Å². The van der Waals surface area contributed by atoms with Crippen LogP contribution in [0.3, 0.4) is 0 Å². The number of carbonyl (C=O) groups is 3. The summed E-state index contributed by atoms with van der Waals surface area (Å²) in [6, 6.07) is 8.97. The van der Waals surface area contributed by atoms with Gasteiger partial charge in [-0.1, -0.05) is 42.5 Å². The molecule has 0 aromatic heterocycles. The predicted molar refractivity (Wildman–Crippen MR) is 83.2 cm³/mol. The van der Waals surface area contributed by atoms with Crippen molar-refractivity contribution in [2.24, 2.45) is 0 Å². The van der Waals surface area contributed by atoms with E-state index >= 15 is 0 Å². The van der Waals surface area contributed by atoms with Crippen molar-refractivity contribution in [1.82, 2.24) is 4.90 Å². The van der Waals surface area contributed by atoms with Crippen LogP contribution < -0.4 is 0 Å². The third-order valence-corrected chi connectivity index (χ3v) is 3.10. The van der Waals surface area contributed by atoms with E-state index in [4.69, 9.17) is 4.74 Å². The summed E-state index contributed by atoms with van der Waals surface area (Å²) in [7, 11) is 0. The van der Waals surface area contributed by atoms with Gasteiger partial charge < -0.3 is 9.47 Å². The average molecular weight is 315 g/mol. The highest BCUT2D eigenvalue weighted by Crippen LogP contribution is 2.16. The van der Waals surface area contributed by atoms with Crippen LogP contribution in [-0.2, 0) is 19.1 Å². The fourth-order valence-electron chi connectivity index (χ4n) is 2.03. The standard InChI is InChI=1S/C17H17NO5/c1-2-22-16(20)11-10-15(19)18-14(12-23-17(18)21)9-8-13-6-4-3-5-7-13/h3-11,14H,2,12H2,1H3/b9-8?,11-10+/t14-/m0/s1. The normalized spacial score (nSPS) is 17.7. The Morgan fingerprint density at radius 1 is 1.30 bits per heavy atom. The molecule has 0 radical (unpaired) electrons. The highest BCUT2D eigenvalue weighted by Gasteiger charge is 2.35. The van der Waals surface area contributed by atoms with Crippen LogP contribution in [0, 0.1) is 0 Å². The van der Waals surface area contributed by atoms with Crippen molar-refractivity contribution in [3.63, 3.8) is 0 Å². The Hall–Kier alpha value is -2.89. The van der Waals surface area contributed by atoms with Crippen LogP contribution in [0.1, 0.15) is 12.5 Å². The van der Waals surface area contributed by atoms with E-state index in [2.05, 4.69) is 4.74 Å².